The lowest BCUT2D eigenvalue weighted by Crippen LogP contribution is -2.34. The number of rotatable bonds is 10. The zero-order valence-corrected chi connectivity index (χ0v) is 21.1. The largest absolute Gasteiger partial charge is 0.355 e. The van der Waals surface area contributed by atoms with Crippen LogP contribution in [0.25, 0.3) is 21.9 Å². The molecule has 0 saturated carbocycles. The Balaban J connectivity index is 1.26. The van der Waals surface area contributed by atoms with Crippen molar-refractivity contribution in [1.82, 2.24) is 25.3 Å². The van der Waals surface area contributed by atoms with Crippen LogP contribution in [-0.4, -0.2) is 50.3 Å². The number of carbonyl (C=O) groups is 2. The van der Waals surface area contributed by atoms with Crippen LogP contribution < -0.4 is 15.4 Å². The fourth-order valence-corrected chi connectivity index (χ4v) is 5.19. The zero-order valence-electron chi connectivity index (χ0n) is 20.3. The van der Waals surface area contributed by atoms with Gasteiger partial charge in [0.05, 0.1) is 4.90 Å². The summed E-state index contributed by atoms with van der Waals surface area (Å²) in [5.74, 6) is -0.429. The van der Waals surface area contributed by atoms with Gasteiger partial charge in [-0.25, -0.2) is 13.1 Å². The standard InChI is InChI=1S/C27H27N5O4S/c1-28-27(34)26-23(5-3-14-31-26)20-10-7-19(8-11-20)9-12-25(33)30-16-17-32-37(35,36)24-6-2-4-21-18-29-15-13-22(21)24/h2-8,10-11,13-15,18,32H,9,12,16-17H2,1H3,(H,28,34)(H,30,33). The van der Waals surface area contributed by atoms with Crippen molar-refractivity contribution < 1.29 is 18.0 Å². The maximum atomic E-state index is 12.7. The number of benzene rings is 2. The molecular weight excluding hydrogens is 490 g/mol. The maximum Gasteiger partial charge on any atom is 0.270 e. The van der Waals surface area contributed by atoms with Gasteiger partial charge >= 0.3 is 0 Å². The smallest absolute Gasteiger partial charge is 0.270 e. The Kier molecular flexibility index (Phi) is 8.22. The molecule has 0 fully saturated rings. The molecule has 0 unspecified atom stereocenters. The molecule has 0 spiro atoms. The van der Waals surface area contributed by atoms with E-state index in [2.05, 4.69) is 25.3 Å². The van der Waals surface area contributed by atoms with Gasteiger partial charge in [-0.15, -0.1) is 0 Å². The van der Waals surface area contributed by atoms with Gasteiger partial charge in [0.15, 0.2) is 0 Å². The van der Waals surface area contributed by atoms with Gasteiger partial charge in [0.1, 0.15) is 5.69 Å². The molecule has 2 heterocycles. The van der Waals surface area contributed by atoms with Crippen molar-refractivity contribution in [3.8, 4) is 11.1 Å². The number of amides is 2. The number of nitrogens with zero attached hydrogens (tertiary/aromatic N) is 2. The second-order valence-electron chi connectivity index (χ2n) is 8.28. The third kappa shape index (κ3) is 6.35. The van der Waals surface area contributed by atoms with Gasteiger partial charge in [-0.2, -0.15) is 0 Å². The van der Waals surface area contributed by atoms with E-state index >= 15 is 0 Å². The Morgan fingerprint density at radius 3 is 2.51 bits per heavy atom. The Bertz CT molecular complexity index is 1520. The lowest BCUT2D eigenvalue weighted by atomic mass is 10.0. The highest BCUT2D eigenvalue weighted by Crippen LogP contribution is 2.23. The summed E-state index contributed by atoms with van der Waals surface area (Å²) in [5, 5.41) is 6.67. The third-order valence-electron chi connectivity index (χ3n) is 5.83. The molecular formula is C27H27N5O4S. The third-order valence-corrected chi connectivity index (χ3v) is 7.34. The SMILES string of the molecule is CNC(=O)c1ncccc1-c1ccc(CCC(=O)NCCNS(=O)(=O)c2cccc3cnccc23)cc1. The van der Waals surface area contributed by atoms with Gasteiger partial charge in [-0.05, 0) is 35.7 Å². The van der Waals surface area contributed by atoms with E-state index in [1.54, 1.807) is 56.0 Å². The predicted octanol–water partition coefficient (Wildman–Crippen LogP) is 2.68. The number of hydrogen-bond donors (Lipinski definition) is 3. The van der Waals surface area contributed by atoms with E-state index in [0.717, 1.165) is 22.1 Å². The summed E-state index contributed by atoms with van der Waals surface area (Å²) in [4.78, 5) is 32.7. The quantitative estimate of drug-likeness (QED) is 0.277. The molecule has 0 saturated heterocycles. The van der Waals surface area contributed by atoms with Crippen LogP contribution in [0.2, 0.25) is 0 Å². The normalized spacial score (nSPS) is 11.3. The molecule has 2 aromatic heterocycles. The predicted molar refractivity (Wildman–Crippen MR) is 141 cm³/mol. The molecule has 0 radical (unpaired) electrons. The topological polar surface area (TPSA) is 130 Å². The van der Waals surface area contributed by atoms with Crippen LogP contribution >= 0.6 is 0 Å². The fourth-order valence-electron chi connectivity index (χ4n) is 3.93. The Morgan fingerprint density at radius 2 is 1.73 bits per heavy atom. The number of sulfonamides is 1. The van der Waals surface area contributed by atoms with Crippen molar-refractivity contribution in [2.75, 3.05) is 20.1 Å². The maximum absolute atomic E-state index is 12.7. The van der Waals surface area contributed by atoms with Gasteiger partial charge in [0.25, 0.3) is 5.91 Å². The fraction of sp³-hybridized carbons (Fsp3) is 0.185. The average molecular weight is 518 g/mol. The van der Waals surface area contributed by atoms with Gasteiger partial charge in [0.2, 0.25) is 15.9 Å². The van der Waals surface area contributed by atoms with Crippen LogP contribution in [0.3, 0.4) is 0 Å². The summed E-state index contributed by atoms with van der Waals surface area (Å²) >= 11 is 0. The van der Waals surface area contributed by atoms with E-state index in [4.69, 9.17) is 0 Å². The first-order chi connectivity index (χ1) is 17.9. The van der Waals surface area contributed by atoms with Crippen LogP contribution in [0.1, 0.15) is 22.5 Å². The Morgan fingerprint density at radius 1 is 0.919 bits per heavy atom. The highest BCUT2D eigenvalue weighted by molar-refractivity contribution is 7.89. The first-order valence-electron chi connectivity index (χ1n) is 11.7. The summed E-state index contributed by atoms with van der Waals surface area (Å²) in [6.45, 7) is 0.246. The molecule has 10 heteroatoms. The van der Waals surface area contributed by atoms with E-state index < -0.39 is 10.0 Å². The minimum absolute atomic E-state index is 0.0724. The van der Waals surface area contributed by atoms with E-state index in [9.17, 15) is 18.0 Å². The van der Waals surface area contributed by atoms with Crippen molar-refractivity contribution in [3.63, 3.8) is 0 Å². The van der Waals surface area contributed by atoms with Crippen LogP contribution in [0.5, 0.6) is 0 Å². The molecule has 0 aliphatic rings. The number of hydrogen-bond acceptors (Lipinski definition) is 6. The van der Waals surface area contributed by atoms with Crippen LogP contribution in [0, 0.1) is 0 Å². The van der Waals surface area contributed by atoms with Crippen molar-refractivity contribution in [3.05, 3.63) is 90.5 Å². The van der Waals surface area contributed by atoms with E-state index in [1.165, 1.54) is 0 Å². The lowest BCUT2D eigenvalue weighted by Gasteiger charge is -2.10. The number of nitrogens with one attached hydrogen (secondary N) is 3. The van der Waals surface area contributed by atoms with Crippen molar-refractivity contribution in [2.24, 2.45) is 0 Å². The van der Waals surface area contributed by atoms with Crippen molar-refractivity contribution in [2.45, 2.75) is 17.7 Å². The summed E-state index contributed by atoms with van der Waals surface area (Å²) in [5.41, 5.74) is 2.91. The molecule has 2 amide bonds. The molecule has 9 nitrogen and oxygen atoms in total. The summed E-state index contributed by atoms with van der Waals surface area (Å²) in [7, 11) is -2.17. The van der Waals surface area contributed by atoms with Crippen molar-refractivity contribution in [1.29, 1.82) is 0 Å². The first-order valence-corrected chi connectivity index (χ1v) is 13.2. The minimum Gasteiger partial charge on any atom is -0.355 e. The van der Waals surface area contributed by atoms with Crippen LogP contribution in [-0.2, 0) is 21.2 Å². The number of fused-ring (bicyclic) bond motifs is 1. The molecule has 3 N–H and O–H groups in total. The Hall–Kier alpha value is -4.15. The molecule has 0 bridgehead atoms. The first kappa shape index (κ1) is 25.9. The van der Waals surface area contributed by atoms with E-state index in [0.29, 0.717) is 17.5 Å². The molecule has 37 heavy (non-hydrogen) atoms. The van der Waals surface area contributed by atoms with Crippen molar-refractivity contribution >= 4 is 32.6 Å². The van der Waals surface area contributed by atoms with Gasteiger partial charge in [-0.1, -0.05) is 42.5 Å². The van der Waals surface area contributed by atoms with Gasteiger partial charge in [0, 0.05) is 61.5 Å². The summed E-state index contributed by atoms with van der Waals surface area (Å²) < 4.78 is 28.0. The number of carbonyl (C=O) groups excluding carboxylic acids is 2. The number of pyridine rings is 2. The molecule has 4 rings (SSSR count). The average Bonchev–Trinajstić information content (AvgIpc) is 2.93. The van der Waals surface area contributed by atoms with Gasteiger partial charge < -0.3 is 10.6 Å². The highest BCUT2D eigenvalue weighted by Gasteiger charge is 2.17. The number of aryl methyl sites for hydroxylation is 1. The summed E-state index contributed by atoms with van der Waals surface area (Å²) in [6, 6.07) is 17.9. The lowest BCUT2D eigenvalue weighted by molar-refractivity contribution is -0.121. The molecule has 190 valence electrons. The molecule has 0 aliphatic carbocycles. The second kappa shape index (κ2) is 11.7. The molecule has 0 aliphatic heterocycles. The molecule has 2 aromatic carbocycles. The zero-order chi connectivity index (χ0) is 26.3. The van der Waals surface area contributed by atoms with Crippen LogP contribution in [0.4, 0.5) is 0 Å². The second-order valence-corrected chi connectivity index (χ2v) is 10.0. The Labute approximate surface area is 215 Å². The highest BCUT2D eigenvalue weighted by atomic mass is 32.2. The summed E-state index contributed by atoms with van der Waals surface area (Å²) in [6.07, 6.45) is 5.53. The van der Waals surface area contributed by atoms with E-state index in [1.807, 2.05) is 30.3 Å². The minimum atomic E-state index is -3.74. The van der Waals surface area contributed by atoms with Crippen LogP contribution in [0.15, 0.2) is 84.1 Å². The van der Waals surface area contributed by atoms with E-state index in [-0.39, 0.29) is 36.2 Å². The molecule has 4 aromatic rings. The molecule has 0 atom stereocenters. The number of aromatic nitrogens is 2. The monoisotopic (exact) mass is 517 g/mol. The van der Waals surface area contributed by atoms with Gasteiger partial charge in [-0.3, -0.25) is 19.6 Å².